The minimum atomic E-state index is 0.667. The topological polar surface area (TPSA) is 36.9 Å². The standard InChI is InChI=1S/C37H21NOS/c38-22-25-8-1-2-9-26(25)32-20-23(24-17-19-35-33(21-24)28-10-3-5-14-34(28)39-35)16-18-27(32)30-12-7-13-31-29-11-4-6-15-36(29)40-37(30)31/h1-21H. The smallest absolute Gasteiger partial charge is 0.135 e. The number of benzene rings is 6. The quantitative estimate of drug-likeness (QED) is 0.229. The van der Waals surface area contributed by atoms with Gasteiger partial charge in [0.2, 0.25) is 0 Å². The van der Waals surface area contributed by atoms with Crippen molar-refractivity contribution in [2.45, 2.75) is 0 Å². The van der Waals surface area contributed by atoms with Crippen LogP contribution in [0.1, 0.15) is 5.56 Å². The third kappa shape index (κ3) is 3.48. The molecule has 3 heteroatoms. The summed E-state index contributed by atoms with van der Waals surface area (Å²) >= 11 is 1.83. The Labute approximate surface area is 235 Å². The van der Waals surface area contributed by atoms with Crippen molar-refractivity contribution >= 4 is 53.4 Å². The molecule has 0 saturated carbocycles. The Morgan fingerprint density at radius 3 is 2.12 bits per heavy atom. The summed E-state index contributed by atoms with van der Waals surface area (Å²) in [5, 5.41) is 14.8. The van der Waals surface area contributed by atoms with Gasteiger partial charge in [0.15, 0.2) is 0 Å². The summed E-state index contributed by atoms with van der Waals surface area (Å²) in [4.78, 5) is 0. The molecule has 0 fully saturated rings. The van der Waals surface area contributed by atoms with Crippen molar-refractivity contribution in [3.8, 4) is 39.4 Å². The van der Waals surface area contributed by atoms with E-state index in [4.69, 9.17) is 4.42 Å². The molecular weight excluding hydrogens is 506 g/mol. The van der Waals surface area contributed by atoms with E-state index in [1.807, 2.05) is 47.7 Å². The van der Waals surface area contributed by atoms with Crippen LogP contribution in [0.3, 0.4) is 0 Å². The molecule has 0 unspecified atom stereocenters. The molecule has 0 aliphatic heterocycles. The fourth-order valence-corrected chi connectivity index (χ4v) is 7.09. The summed E-state index contributed by atoms with van der Waals surface area (Å²) < 4.78 is 8.62. The molecule has 0 saturated heterocycles. The van der Waals surface area contributed by atoms with Crippen LogP contribution < -0.4 is 0 Å². The molecule has 0 spiro atoms. The van der Waals surface area contributed by atoms with E-state index in [0.717, 1.165) is 49.8 Å². The molecule has 40 heavy (non-hydrogen) atoms. The second-order valence-electron chi connectivity index (χ2n) is 10.0. The van der Waals surface area contributed by atoms with E-state index >= 15 is 0 Å². The van der Waals surface area contributed by atoms with Gasteiger partial charge < -0.3 is 4.42 Å². The van der Waals surface area contributed by atoms with Crippen molar-refractivity contribution in [1.82, 2.24) is 0 Å². The average Bonchev–Trinajstić information content (AvgIpc) is 3.59. The van der Waals surface area contributed by atoms with Crippen LogP contribution in [0.25, 0.3) is 75.5 Å². The predicted molar refractivity (Wildman–Crippen MR) is 168 cm³/mol. The van der Waals surface area contributed by atoms with Crippen molar-refractivity contribution in [2.24, 2.45) is 0 Å². The number of hydrogen-bond donors (Lipinski definition) is 0. The fraction of sp³-hybridized carbons (Fsp3) is 0. The summed E-state index contributed by atoms with van der Waals surface area (Å²) in [5.74, 6) is 0. The van der Waals surface area contributed by atoms with Gasteiger partial charge in [-0.05, 0) is 58.7 Å². The number of fused-ring (bicyclic) bond motifs is 6. The normalized spacial score (nSPS) is 11.5. The van der Waals surface area contributed by atoms with Gasteiger partial charge in [-0.15, -0.1) is 11.3 Å². The molecular formula is C37H21NOS. The molecule has 0 radical (unpaired) electrons. The molecule has 0 N–H and O–H groups in total. The lowest BCUT2D eigenvalue weighted by Gasteiger charge is -2.15. The summed E-state index contributed by atoms with van der Waals surface area (Å²) in [6, 6.07) is 46.6. The molecule has 0 aliphatic carbocycles. The zero-order valence-corrected chi connectivity index (χ0v) is 22.2. The zero-order chi connectivity index (χ0) is 26.6. The van der Waals surface area contributed by atoms with Crippen LogP contribution in [0, 0.1) is 11.3 Å². The first-order chi connectivity index (χ1) is 19.8. The maximum atomic E-state index is 10.0. The number of thiophene rings is 1. The van der Waals surface area contributed by atoms with Crippen molar-refractivity contribution in [1.29, 1.82) is 5.26 Å². The van der Waals surface area contributed by atoms with Crippen molar-refractivity contribution in [3.63, 3.8) is 0 Å². The number of furan rings is 1. The zero-order valence-electron chi connectivity index (χ0n) is 21.4. The first kappa shape index (κ1) is 22.8. The second-order valence-corrected chi connectivity index (χ2v) is 11.1. The molecule has 0 atom stereocenters. The van der Waals surface area contributed by atoms with Crippen LogP contribution >= 0.6 is 11.3 Å². The van der Waals surface area contributed by atoms with Crippen LogP contribution in [0.4, 0.5) is 0 Å². The molecule has 2 aromatic heterocycles. The predicted octanol–water partition coefficient (Wildman–Crippen LogP) is 10.8. The van der Waals surface area contributed by atoms with Gasteiger partial charge in [0.05, 0.1) is 11.6 Å². The molecule has 8 aromatic rings. The van der Waals surface area contributed by atoms with E-state index in [-0.39, 0.29) is 0 Å². The number of nitrogens with zero attached hydrogens (tertiary/aromatic N) is 1. The third-order valence-corrected chi connectivity index (χ3v) is 8.98. The van der Waals surface area contributed by atoms with Crippen LogP contribution in [0.5, 0.6) is 0 Å². The Bertz CT molecular complexity index is 2300. The average molecular weight is 528 g/mol. The van der Waals surface area contributed by atoms with Gasteiger partial charge in [-0.2, -0.15) is 5.26 Å². The monoisotopic (exact) mass is 527 g/mol. The van der Waals surface area contributed by atoms with E-state index in [1.165, 1.54) is 25.7 Å². The Morgan fingerprint density at radius 1 is 0.500 bits per heavy atom. The molecule has 0 amide bonds. The Hall–Kier alpha value is -5.17. The highest BCUT2D eigenvalue weighted by Gasteiger charge is 2.17. The molecule has 0 aliphatic rings. The van der Waals surface area contributed by atoms with Crippen LogP contribution in [0.2, 0.25) is 0 Å². The van der Waals surface area contributed by atoms with Gasteiger partial charge in [0, 0.05) is 42.1 Å². The van der Waals surface area contributed by atoms with Crippen molar-refractivity contribution in [2.75, 3.05) is 0 Å². The summed E-state index contributed by atoms with van der Waals surface area (Å²) in [7, 11) is 0. The lowest BCUT2D eigenvalue weighted by atomic mass is 9.88. The summed E-state index contributed by atoms with van der Waals surface area (Å²) in [6.45, 7) is 0. The molecule has 2 heterocycles. The lowest BCUT2D eigenvalue weighted by molar-refractivity contribution is 0.669. The van der Waals surface area contributed by atoms with Gasteiger partial charge in [0.25, 0.3) is 0 Å². The van der Waals surface area contributed by atoms with E-state index in [1.54, 1.807) is 0 Å². The molecule has 186 valence electrons. The number of hydrogen-bond acceptors (Lipinski definition) is 3. The van der Waals surface area contributed by atoms with Gasteiger partial charge in [-0.25, -0.2) is 0 Å². The van der Waals surface area contributed by atoms with Gasteiger partial charge >= 0.3 is 0 Å². The van der Waals surface area contributed by atoms with Crippen molar-refractivity contribution in [3.05, 3.63) is 133 Å². The molecule has 0 bridgehead atoms. The van der Waals surface area contributed by atoms with Crippen LogP contribution in [-0.2, 0) is 0 Å². The van der Waals surface area contributed by atoms with Gasteiger partial charge in [-0.1, -0.05) is 91.0 Å². The maximum Gasteiger partial charge on any atom is 0.135 e. The highest BCUT2D eigenvalue weighted by Crippen LogP contribution is 2.44. The summed E-state index contributed by atoms with van der Waals surface area (Å²) in [5.41, 5.74) is 8.96. The molecule has 8 rings (SSSR count). The highest BCUT2D eigenvalue weighted by atomic mass is 32.1. The SMILES string of the molecule is N#Cc1ccccc1-c1cc(-c2ccc3oc4ccccc4c3c2)ccc1-c1cccc2c1sc1ccccc12. The van der Waals surface area contributed by atoms with Crippen LogP contribution in [-0.4, -0.2) is 0 Å². The molecule has 2 nitrogen and oxygen atoms in total. The lowest BCUT2D eigenvalue weighted by Crippen LogP contribution is -1.91. The molecule has 6 aromatic carbocycles. The first-order valence-electron chi connectivity index (χ1n) is 13.2. The van der Waals surface area contributed by atoms with E-state index in [2.05, 4.69) is 97.1 Å². The van der Waals surface area contributed by atoms with E-state index in [9.17, 15) is 5.26 Å². The number of nitriles is 1. The van der Waals surface area contributed by atoms with Crippen molar-refractivity contribution < 1.29 is 4.42 Å². The third-order valence-electron chi connectivity index (χ3n) is 7.76. The van der Waals surface area contributed by atoms with Gasteiger partial charge in [0.1, 0.15) is 11.2 Å². The second kappa shape index (κ2) is 8.95. The highest BCUT2D eigenvalue weighted by molar-refractivity contribution is 7.26. The van der Waals surface area contributed by atoms with Crippen LogP contribution in [0.15, 0.2) is 132 Å². The largest absolute Gasteiger partial charge is 0.456 e. The Morgan fingerprint density at radius 2 is 1.20 bits per heavy atom. The first-order valence-corrected chi connectivity index (χ1v) is 14.1. The maximum absolute atomic E-state index is 10.0. The Kier molecular flexibility index (Phi) is 5.10. The van der Waals surface area contributed by atoms with E-state index < -0.39 is 0 Å². The Balaban J connectivity index is 1.39. The number of rotatable bonds is 3. The number of para-hydroxylation sites is 1. The van der Waals surface area contributed by atoms with Gasteiger partial charge in [-0.3, -0.25) is 0 Å². The minimum Gasteiger partial charge on any atom is -0.456 e. The minimum absolute atomic E-state index is 0.667. The fourth-order valence-electron chi connectivity index (χ4n) is 5.86. The summed E-state index contributed by atoms with van der Waals surface area (Å²) in [6.07, 6.45) is 0. The van der Waals surface area contributed by atoms with E-state index in [0.29, 0.717) is 5.56 Å².